The maximum Gasteiger partial charge on any atom is 0.0107 e. The van der Waals surface area contributed by atoms with Crippen molar-refractivity contribution in [2.24, 2.45) is 5.73 Å². The monoisotopic (exact) mass is 228 g/mol. The van der Waals surface area contributed by atoms with Crippen LogP contribution in [0.4, 0.5) is 0 Å². The van der Waals surface area contributed by atoms with Gasteiger partial charge in [-0.05, 0) is 25.9 Å². The van der Waals surface area contributed by atoms with Crippen molar-refractivity contribution in [2.45, 2.75) is 25.7 Å². The zero-order valence-corrected chi connectivity index (χ0v) is 10.5. The van der Waals surface area contributed by atoms with E-state index in [4.69, 9.17) is 5.73 Å². The molecule has 0 aromatic carbocycles. The summed E-state index contributed by atoms with van der Waals surface area (Å²) in [5.74, 6) is 0. The first-order valence-corrected chi connectivity index (χ1v) is 6.77. The van der Waals surface area contributed by atoms with Crippen LogP contribution in [-0.4, -0.2) is 57.3 Å². The third kappa shape index (κ3) is 7.17. The second-order valence-corrected chi connectivity index (χ2v) is 4.54. The normalized spacial score (nSPS) is 18.6. The lowest BCUT2D eigenvalue weighted by Gasteiger charge is -2.19. The zero-order valence-electron chi connectivity index (χ0n) is 10.5. The third-order valence-corrected chi connectivity index (χ3v) is 3.10. The first-order chi connectivity index (χ1) is 7.93. The zero-order chi connectivity index (χ0) is 11.5. The molecule has 1 fully saturated rings. The van der Waals surface area contributed by atoms with Crippen molar-refractivity contribution in [1.82, 2.24) is 15.5 Å². The number of nitrogens with zero attached hydrogens (tertiary/aromatic N) is 1. The summed E-state index contributed by atoms with van der Waals surface area (Å²) in [5, 5.41) is 6.75. The van der Waals surface area contributed by atoms with Crippen LogP contribution in [0.2, 0.25) is 0 Å². The van der Waals surface area contributed by atoms with Gasteiger partial charge in [0, 0.05) is 39.3 Å². The molecule has 4 N–H and O–H groups in total. The molecule has 0 unspecified atom stereocenters. The van der Waals surface area contributed by atoms with Crippen molar-refractivity contribution in [3.05, 3.63) is 0 Å². The summed E-state index contributed by atoms with van der Waals surface area (Å²) in [4.78, 5) is 2.59. The Labute approximate surface area is 99.9 Å². The second-order valence-electron chi connectivity index (χ2n) is 4.54. The highest BCUT2D eigenvalue weighted by molar-refractivity contribution is 4.64. The first-order valence-electron chi connectivity index (χ1n) is 6.77. The molecule has 0 saturated carbocycles. The van der Waals surface area contributed by atoms with Crippen LogP contribution < -0.4 is 16.4 Å². The lowest BCUT2D eigenvalue weighted by molar-refractivity contribution is 0.284. The SMILES string of the molecule is NCCNCCNCCN1CCCCCC1. The molecule has 4 heteroatoms. The minimum atomic E-state index is 0.730. The maximum atomic E-state index is 5.39. The molecule has 0 atom stereocenters. The van der Waals surface area contributed by atoms with Crippen LogP contribution in [0.1, 0.15) is 25.7 Å². The van der Waals surface area contributed by atoms with E-state index in [0.717, 1.165) is 32.7 Å². The molecule has 1 heterocycles. The number of nitrogens with one attached hydrogen (secondary N) is 2. The highest BCUT2D eigenvalue weighted by Gasteiger charge is 2.07. The Balaban J connectivity index is 1.86. The summed E-state index contributed by atoms with van der Waals surface area (Å²) in [5.41, 5.74) is 5.39. The Hall–Kier alpha value is -0.160. The van der Waals surface area contributed by atoms with Gasteiger partial charge in [-0.2, -0.15) is 0 Å². The fourth-order valence-corrected chi connectivity index (χ4v) is 2.13. The third-order valence-electron chi connectivity index (χ3n) is 3.10. The highest BCUT2D eigenvalue weighted by atomic mass is 15.1. The molecular weight excluding hydrogens is 200 g/mol. The van der Waals surface area contributed by atoms with Gasteiger partial charge in [-0.25, -0.2) is 0 Å². The molecule has 1 aliphatic rings. The molecule has 0 spiro atoms. The van der Waals surface area contributed by atoms with Crippen molar-refractivity contribution in [1.29, 1.82) is 0 Å². The largest absolute Gasteiger partial charge is 0.329 e. The summed E-state index contributed by atoms with van der Waals surface area (Å²) in [7, 11) is 0. The summed E-state index contributed by atoms with van der Waals surface area (Å²) in [6.07, 6.45) is 5.62. The Morgan fingerprint density at radius 2 is 1.44 bits per heavy atom. The quantitative estimate of drug-likeness (QED) is 0.512. The molecule has 0 aromatic rings. The van der Waals surface area contributed by atoms with Crippen molar-refractivity contribution >= 4 is 0 Å². The van der Waals surface area contributed by atoms with Crippen molar-refractivity contribution < 1.29 is 0 Å². The summed E-state index contributed by atoms with van der Waals surface area (Å²) >= 11 is 0. The van der Waals surface area contributed by atoms with E-state index in [9.17, 15) is 0 Å². The minimum Gasteiger partial charge on any atom is -0.329 e. The van der Waals surface area contributed by atoms with E-state index in [1.807, 2.05) is 0 Å². The van der Waals surface area contributed by atoms with Crippen LogP contribution in [0.5, 0.6) is 0 Å². The van der Waals surface area contributed by atoms with Crippen molar-refractivity contribution in [3.63, 3.8) is 0 Å². The van der Waals surface area contributed by atoms with E-state index >= 15 is 0 Å². The van der Waals surface area contributed by atoms with Gasteiger partial charge in [-0.1, -0.05) is 12.8 Å². The van der Waals surface area contributed by atoms with E-state index in [1.54, 1.807) is 0 Å². The molecule has 16 heavy (non-hydrogen) atoms. The average Bonchev–Trinajstić information content (AvgIpc) is 2.56. The van der Waals surface area contributed by atoms with Crippen LogP contribution in [0.15, 0.2) is 0 Å². The van der Waals surface area contributed by atoms with Gasteiger partial charge in [0.25, 0.3) is 0 Å². The van der Waals surface area contributed by atoms with Gasteiger partial charge < -0.3 is 21.3 Å². The first kappa shape index (κ1) is 13.9. The molecule has 1 saturated heterocycles. The van der Waals surface area contributed by atoms with Crippen LogP contribution in [0, 0.1) is 0 Å². The van der Waals surface area contributed by atoms with Crippen LogP contribution >= 0.6 is 0 Å². The van der Waals surface area contributed by atoms with E-state index in [0.29, 0.717) is 0 Å². The smallest absolute Gasteiger partial charge is 0.0107 e. The van der Waals surface area contributed by atoms with Crippen LogP contribution in [-0.2, 0) is 0 Å². The molecule has 0 bridgehead atoms. The second kappa shape index (κ2) is 10.0. The van der Waals surface area contributed by atoms with Gasteiger partial charge in [0.1, 0.15) is 0 Å². The lowest BCUT2D eigenvalue weighted by atomic mass is 10.2. The molecule has 0 aliphatic carbocycles. The van der Waals surface area contributed by atoms with Crippen LogP contribution in [0.3, 0.4) is 0 Å². The van der Waals surface area contributed by atoms with Crippen LogP contribution in [0.25, 0.3) is 0 Å². The Kier molecular flexibility index (Phi) is 8.71. The molecule has 1 aliphatic heterocycles. The number of rotatable bonds is 8. The summed E-state index contributed by atoms with van der Waals surface area (Å²) < 4.78 is 0. The number of hydrogen-bond acceptors (Lipinski definition) is 4. The standard InChI is InChI=1S/C12H28N4/c13-5-6-14-7-8-15-9-12-16-10-3-1-2-4-11-16/h14-15H,1-13H2. The molecule has 0 radical (unpaired) electrons. The van der Waals surface area contributed by atoms with Gasteiger partial charge in [0.15, 0.2) is 0 Å². The number of likely N-dealkylation sites (tertiary alicyclic amines) is 1. The average molecular weight is 228 g/mol. The van der Waals surface area contributed by atoms with E-state index in [1.165, 1.54) is 45.3 Å². The number of hydrogen-bond donors (Lipinski definition) is 3. The molecule has 96 valence electrons. The fourth-order valence-electron chi connectivity index (χ4n) is 2.13. The van der Waals surface area contributed by atoms with Gasteiger partial charge in [-0.3, -0.25) is 0 Å². The van der Waals surface area contributed by atoms with E-state index in [-0.39, 0.29) is 0 Å². The Bertz CT molecular complexity index is 144. The fraction of sp³-hybridized carbons (Fsp3) is 1.00. The highest BCUT2D eigenvalue weighted by Crippen LogP contribution is 2.08. The topological polar surface area (TPSA) is 53.3 Å². The number of nitrogens with two attached hydrogens (primary N) is 1. The molecular formula is C12H28N4. The molecule has 0 amide bonds. The predicted molar refractivity (Wildman–Crippen MR) is 69.7 cm³/mol. The minimum absolute atomic E-state index is 0.730. The van der Waals surface area contributed by atoms with Gasteiger partial charge >= 0.3 is 0 Å². The molecule has 4 nitrogen and oxygen atoms in total. The predicted octanol–water partition coefficient (Wildman–Crippen LogP) is 0.000300. The van der Waals surface area contributed by atoms with Crippen molar-refractivity contribution in [2.75, 3.05) is 52.4 Å². The Morgan fingerprint density at radius 1 is 0.812 bits per heavy atom. The summed E-state index contributed by atoms with van der Waals surface area (Å²) in [6, 6.07) is 0. The molecule has 1 rings (SSSR count). The van der Waals surface area contributed by atoms with Gasteiger partial charge in [0.05, 0.1) is 0 Å². The molecule has 0 aromatic heterocycles. The lowest BCUT2D eigenvalue weighted by Crippen LogP contribution is -2.36. The van der Waals surface area contributed by atoms with Gasteiger partial charge in [-0.15, -0.1) is 0 Å². The summed E-state index contributed by atoms with van der Waals surface area (Å²) in [6.45, 7) is 8.65. The van der Waals surface area contributed by atoms with Crippen molar-refractivity contribution in [3.8, 4) is 0 Å². The van der Waals surface area contributed by atoms with E-state index in [2.05, 4.69) is 15.5 Å². The maximum absolute atomic E-state index is 5.39. The van der Waals surface area contributed by atoms with E-state index < -0.39 is 0 Å². The van der Waals surface area contributed by atoms with Gasteiger partial charge in [0.2, 0.25) is 0 Å². The Morgan fingerprint density at radius 3 is 2.06 bits per heavy atom.